The number of aromatic nitrogens is 1. The van der Waals surface area contributed by atoms with E-state index in [0.717, 1.165) is 12.1 Å². The molecule has 0 aliphatic rings. The summed E-state index contributed by atoms with van der Waals surface area (Å²) in [4.78, 5) is 19.1. The molecule has 0 aliphatic heterocycles. The first-order valence-electron chi connectivity index (χ1n) is 6.25. The van der Waals surface area contributed by atoms with Gasteiger partial charge < -0.3 is 10.2 Å². The van der Waals surface area contributed by atoms with Gasteiger partial charge in [-0.1, -0.05) is 13.8 Å². The molecule has 0 aliphatic carbocycles. The Balaban J connectivity index is 2.61. The summed E-state index contributed by atoms with van der Waals surface area (Å²) in [6.45, 7) is 6.98. The Bertz CT molecular complexity index is 387. The van der Waals surface area contributed by atoms with Crippen LogP contribution < -0.4 is 5.32 Å². The highest BCUT2D eigenvalue weighted by molar-refractivity contribution is 7.09. The minimum absolute atomic E-state index is 0.110. The van der Waals surface area contributed by atoms with Crippen LogP contribution in [0.3, 0.4) is 0 Å². The lowest BCUT2D eigenvalue weighted by Crippen LogP contribution is -2.44. The van der Waals surface area contributed by atoms with Gasteiger partial charge in [-0.3, -0.25) is 4.79 Å². The Morgan fingerprint density at radius 1 is 1.50 bits per heavy atom. The Hall–Kier alpha value is -0.940. The van der Waals surface area contributed by atoms with E-state index in [0.29, 0.717) is 12.5 Å². The molecule has 1 unspecified atom stereocenters. The van der Waals surface area contributed by atoms with Crippen LogP contribution in [0.15, 0.2) is 5.51 Å². The number of nitrogens with one attached hydrogen (secondary N) is 1. The molecule has 0 radical (unpaired) electrons. The average Bonchev–Trinajstić information content (AvgIpc) is 2.68. The summed E-state index contributed by atoms with van der Waals surface area (Å²) in [7, 11) is 3.60. The molecule has 1 aromatic heterocycles. The molecule has 1 rings (SSSR count). The second-order valence-electron chi connectivity index (χ2n) is 5.16. The minimum atomic E-state index is -0.110. The van der Waals surface area contributed by atoms with Gasteiger partial charge >= 0.3 is 0 Å². The van der Waals surface area contributed by atoms with Crippen LogP contribution in [-0.4, -0.2) is 35.9 Å². The first-order valence-corrected chi connectivity index (χ1v) is 7.13. The molecule has 1 atom stereocenters. The van der Waals surface area contributed by atoms with E-state index in [2.05, 4.69) is 24.1 Å². The largest absolute Gasteiger partial charge is 0.347 e. The number of nitrogens with zero attached hydrogens (tertiary/aromatic N) is 2. The summed E-state index contributed by atoms with van der Waals surface area (Å²) in [6.07, 6.45) is 0.856. The van der Waals surface area contributed by atoms with Crippen LogP contribution in [0, 0.1) is 12.8 Å². The summed E-state index contributed by atoms with van der Waals surface area (Å²) in [5.41, 5.74) is 2.89. The van der Waals surface area contributed by atoms with E-state index in [-0.39, 0.29) is 11.9 Å². The van der Waals surface area contributed by atoms with Gasteiger partial charge in [0.2, 0.25) is 5.91 Å². The standard InChI is InChI=1S/C13H23N3OS/c1-9(2)6-11(13(17)16(4)5)14-7-12-10(3)15-8-18-12/h8-9,11,14H,6-7H2,1-5H3. The van der Waals surface area contributed by atoms with E-state index in [4.69, 9.17) is 0 Å². The third kappa shape index (κ3) is 4.38. The van der Waals surface area contributed by atoms with Crippen molar-refractivity contribution in [3.05, 3.63) is 16.1 Å². The Kier molecular flexibility index (Phi) is 5.75. The normalized spacial score (nSPS) is 12.8. The van der Waals surface area contributed by atoms with E-state index in [9.17, 15) is 4.79 Å². The van der Waals surface area contributed by atoms with Crippen LogP contribution in [-0.2, 0) is 11.3 Å². The van der Waals surface area contributed by atoms with Gasteiger partial charge in [0.1, 0.15) is 0 Å². The highest BCUT2D eigenvalue weighted by atomic mass is 32.1. The second kappa shape index (κ2) is 6.85. The van der Waals surface area contributed by atoms with Crippen LogP contribution in [0.1, 0.15) is 30.8 Å². The lowest BCUT2D eigenvalue weighted by molar-refractivity contribution is -0.131. The van der Waals surface area contributed by atoms with E-state index in [1.165, 1.54) is 4.88 Å². The molecule has 0 aromatic carbocycles. The topological polar surface area (TPSA) is 45.2 Å². The predicted octanol–water partition coefficient (Wildman–Crippen LogP) is 2.04. The van der Waals surface area contributed by atoms with Crippen molar-refractivity contribution in [2.45, 2.75) is 39.8 Å². The number of likely N-dealkylation sites (N-methyl/N-ethyl adjacent to an activating group) is 1. The summed E-state index contributed by atoms with van der Waals surface area (Å²) < 4.78 is 0. The zero-order valence-electron chi connectivity index (χ0n) is 11.9. The number of carbonyl (C=O) groups excluding carboxylic acids is 1. The smallest absolute Gasteiger partial charge is 0.239 e. The molecular formula is C13H23N3OS. The van der Waals surface area contributed by atoms with Crippen molar-refractivity contribution in [3.63, 3.8) is 0 Å². The van der Waals surface area contributed by atoms with Gasteiger partial charge in [-0.05, 0) is 19.3 Å². The molecule has 1 amide bonds. The highest BCUT2D eigenvalue weighted by Crippen LogP contribution is 2.13. The molecule has 0 spiro atoms. The van der Waals surface area contributed by atoms with Crippen LogP contribution in [0.25, 0.3) is 0 Å². The third-order valence-corrected chi connectivity index (χ3v) is 3.73. The van der Waals surface area contributed by atoms with Gasteiger partial charge in [-0.15, -0.1) is 11.3 Å². The first-order chi connectivity index (χ1) is 8.41. The molecule has 102 valence electrons. The number of aryl methyl sites for hydroxylation is 1. The van der Waals surface area contributed by atoms with Gasteiger partial charge in [-0.25, -0.2) is 4.98 Å². The summed E-state index contributed by atoms with van der Waals surface area (Å²) in [5.74, 6) is 0.639. The molecular weight excluding hydrogens is 246 g/mol. The number of thiazole rings is 1. The Labute approximate surface area is 113 Å². The number of hydrogen-bond acceptors (Lipinski definition) is 4. The number of hydrogen-bond donors (Lipinski definition) is 1. The monoisotopic (exact) mass is 269 g/mol. The molecule has 18 heavy (non-hydrogen) atoms. The number of carbonyl (C=O) groups is 1. The summed E-state index contributed by atoms with van der Waals surface area (Å²) in [5, 5.41) is 3.35. The molecule has 0 fully saturated rings. The quantitative estimate of drug-likeness (QED) is 0.859. The summed E-state index contributed by atoms with van der Waals surface area (Å²) in [6, 6.07) is -0.110. The fraction of sp³-hybridized carbons (Fsp3) is 0.692. The van der Waals surface area contributed by atoms with Crippen molar-refractivity contribution in [3.8, 4) is 0 Å². The van der Waals surface area contributed by atoms with Crippen molar-refractivity contribution in [2.24, 2.45) is 5.92 Å². The van der Waals surface area contributed by atoms with Gasteiger partial charge in [0, 0.05) is 25.5 Å². The molecule has 5 heteroatoms. The zero-order chi connectivity index (χ0) is 13.7. The first kappa shape index (κ1) is 15.1. The number of rotatable bonds is 6. The minimum Gasteiger partial charge on any atom is -0.347 e. The highest BCUT2D eigenvalue weighted by Gasteiger charge is 2.21. The van der Waals surface area contributed by atoms with Crippen molar-refractivity contribution in [1.29, 1.82) is 0 Å². The molecule has 0 bridgehead atoms. The van der Waals surface area contributed by atoms with E-state index < -0.39 is 0 Å². The molecule has 1 N–H and O–H groups in total. The van der Waals surface area contributed by atoms with E-state index in [1.54, 1.807) is 30.3 Å². The van der Waals surface area contributed by atoms with Crippen molar-refractivity contribution >= 4 is 17.2 Å². The predicted molar refractivity (Wildman–Crippen MR) is 75.6 cm³/mol. The third-order valence-electron chi connectivity index (χ3n) is 2.80. The average molecular weight is 269 g/mol. The molecule has 1 heterocycles. The molecule has 4 nitrogen and oxygen atoms in total. The lowest BCUT2D eigenvalue weighted by atomic mass is 10.0. The van der Waals surface area contributed by atoms with Gasteiger partial charge in [0.15, 0.2) is 0 Å². The lowest BCUT2D eigenvalue weighted by Gasteiger charge is -2.23. The number of amides is 1. The zero-order valence-corrected chi connectivity index (χ0v) is 12.7. The molecule has 0 saturated carbocycles. The van der Waals surface area contributed by atoms with E-state index >= 15 is 0 Å². The van der Waals surface area contributed by atoms with Gasteiger partial charge in [0.25, 0.3) is 0 Å². The van der Waals surface area contributed by atoms with E-state index in [1.807, 2.05) is 12.4 Å². The Morgan fingerprint density at radius 3 is 2.61 bits per heavy atom. The van der Waals surface area contributed by atoms with Gasteiger partial charge in [-0.2, -0.15) is 0 Å². The SMILES string of the molecule is Cc1ncsc1CNC(CC(C)C)C(=O)N(C)C. The summed E-state index contributed by atoms with van der Waals surface area (Å²) >= 11 is 1.63. The molecule has 0 saturated heterocycles. The maximum Gasteiger partial charge on any atom is 0.239 e. The van der Waals surface area contributed by atoms with Crippen LogP contribution >= 0.6 is 11.3 Å². The second-order valence-corrected chi connectivity index (χ2v) is 6.10. The van der Waals surface area contributed by atoms with Crippen molar-refractivity contribution < 1.29 is 4.79 Å². The maximum atomic E-state index is 12.1. The van der Waals surface area contributed by atoms with Crippen molar-refractivity contribution in [2.75, 3.05) is 14.1 Å². The van der Waals surface area contributed by atoms with Gasteiger partial charge in [0.05, 0.1) is 17.2 Å². The fourth-order valence-electron chi connectivity index (χ4n) is 1.77. The van der Waals surface area contributed by atoms with Crippen LogP contribution in [0.2, 0.25) is 0 Å². The van der Waals surface area contributed by atoms with Crippen LogP contribution in [0.5, 0.6) is 0 Å². The van der Waals surface area contributed by atoms with Crippen molar-refractivity contribution in [1.82, 2.24) is 15.2 Å². The van der Waals surface area contributed by atoms with Crippen LogP contribution in [0.4, 0.5) is 0 Å². The maximum absolute atomic E-state index is 12.1. The Morgan fingerprint density at radius 2 is 2.17 bits per heavy atom. The fourth-order valence-corrected chi connectivity index (χ4v) is 2.49. The molecule has 1 aromatic rings.